The lowest BCUT2D eigenvalue weighted by molar-refractivity contribution is 0.815. The number of nitrogens with zero attached hydrogens (tertiary/aromatic N) is 2. The lowest BCUT2D eigenvalue weighted by Crippen LogP contribution is -2.28. The summed E-state index contributed by atoms with van der Waals surface area (Å²) in [5.41, 5.74) is 1.16. The molecule has 1 aromatic carbocycles. The zero-order valence-electron chi connectivity index (χ0n) is 10.7. The minimum Gasteiger partial charge on any atom is -0.330 e. The lowest BCUT2D eigenvalue weighted by atomic mass is 10.2. The topological polar surface area (TPSA) is 15.6 Å². The summed E-state index contributed by atoms with van der Waals surface area (Å²) >= 11 is 0. The molecule has 0 aromatic heterocycles. The average molecular weight is 228 g/mol. The lowest BCUT2D eigenvalue weighted by Gasteiger charge is -2.23. The quantitative estimate of drug-likeness (QED) is 0.422. The Bertz CT molecular complexity index is 389. The van der Waals surface area contributed by atoms with E-state index < -0.39 is 0 Å². The fourth-order valence-corrected chi connectivity index (χ4v) is 1.42. The van der Waals surface area contributed by atoms with Crippen LogP contribution in [-0.2, 0) is 0 Å². The van der Waals surface area contributed by atoms with Crippen LogP contribution in [0.5, 0.6) is 0 Å². The van der Waals surface area contributed by atoms with Gasteiger partial charge in [-0.25, -0.2) is 4.99 Å². The van der Waals surface area contributed by atoms with Gasteiger partial charge in [-0.3, -0.25) is 0 Å². The third-order valence-corrected chi connectivity index (χ3v) is 2.28. The first kappa shape index (κ1) is 13.2. The van der Waals surface area contributed by atoms with E-state index in [-0.39, 0.29) is 0 Å². The molecule has 90 valence electrons. The molecule has 0 fully saturated rings. The van der Waals surface area contributed by atoms with Crippen LogP contribution in [0.1, 0.15) is 20.8 Å². The van der Waals surface area contributed by atoms with Crippen LogP contribution >= 0.6 is 0 Å². The van der Waals surface area contributed by atoms with Gasteiger partial charge in [0.1, 0.15) is 0 Å². The van der Waals surface area contributed by atoms with E-state index in [1.54, 1.807) is 6.20 Å². The fourth-order valence-electron chi connectivity index (χ4n) is 1.42. The molecule has 0 bridgehead atoms. The monoisotopic (exact) mass is 228 g/mol. The van der Waals surface area contributed by atoms with E-state index >= 15 is 0 Å². The minimum atomic E-state index is 0.385. The predicted molar refractivity (Wildman–Crippen MR) is 76.5 cm³/mol. The highest BCUT2D eigenvalue weighted by molar-refractivity contribution is 5.79. The SMILES string of the molecule is C/C=C\C=C/N=CN(c1ccccc1)C(C)C. The van der Waals surface area contributed by atoms with Gasteiger partial charge >= 0.3 is 0 Å². The van der Waals surface area contributed by atoms with E-state index in [1.807, 2.05) is 49.7 Å². The Kier molecular flexibility index (Phi) is 5.80. The zero-order valence-corrected chi connectivity index (χ0v) is 10.7. The van der Waals surface area contributed by atoms with Crippen molar-refractivity contribution in [3.8, 4) is 0 Å². The molecule has 0 aliphatic heterocycles. The third-order valence-electron chi connectivity index (χ3n) is 2.28. The number of anilines is 1. The average Bonchev–Trinajstić information content (AvgIpc) is 2.34. The van der Waals surface area contributed by atoms with E-state index in [2.05, 4.69) is 35.9 Å². The molecule has 2 nitrogen and oxygen atoms in total. The number of rotatable bonds is 5. The number of hydrogen-bond acceptors (Lipinski definition) is 1. The van der Waals surface area contributed by atoms with E-state index in [0.717, 1.165) is 5.69 Å². The van der Waals surface area contributed by atoms with Crippen LogP contribution in [0.3, 0.4) is 0 Å². The van der Waals surface area contributed by atoms with Gasteiger partial charge < -0.3 is 4.90 Å². The van der Waals surface area contributed by atoms with Gasteiger partial charge in [0.05, 0.1) is 6.34 Å². The zero-order chi connectivity index (χ0) is 12.5. The van der Waals surface area contributed by atoms with Gasteiger partial charge in [0.25, 0.3) is 0 Å². The van der Waals surface area contributed by atoms with Crippen molar-refractivity contribution in [2.24, 2.45) is 4.99 Å². The van der Waals surface area contributed by atoms with Crippen LogP contribution in [-0.4, -0.2) is 12.4 Å². The summed E-state index contributed by atoms with van der Waals surface area (Å²) in [4.78, 5) is 6.41. The van der Waals surface area contributed by atoms with E-state index in [0.29, 0.717) is 6.04 Å². The van der Waals surface area contributed by atoms with E-state index in [4.69, 9.17) is 0 Å². The molecular weight excluding hydrogens is 208 g/mol. The summed E-state index contributed by atoms with van der Waals surface area (Å²) in [6, 6.07) is 10.6. The van der Waals surface area contributed by atoms with Crippen LogP contribution in [0, 0.1) is 0 Å². The van der Waals surface area contributed by atoms with Crippen molar-refractivity contribution in [1.82, 2.24) is 0 Å². The summed E-state index contributed by atoms with van der Waals surface area (Å²) < 4.78 is 0. The molecule has 1 rings (SSSR count). The molecule has 0 heterocycles. The smallest absolute Gasteiger partial charge is 0.0951 e. The molecule has 1 aromatic rings. The van der Waals surface area contributed by atoms with Crippen LogP contribution < -0.4 is 4.90 Å². The largest absolute Gasteiger partial charge is 0.330 e. The van der Waals surface area contributed by atoms with Crippen LogP contribution in [0.15, 0.2) is 59.8 Å². The van der Waals surface area contributed by atoms with Gasteiger partial charge in [0.2, 0.25) is 0 Å². The maximum absolute atomic E-state index is 4.28. The van der Waals surface area contributed by atoms with Gasteiger partial charge in [0, 0.05) is 17.9 Å². The number of benzene rings is 1. The van der Waals surface area contributed by atoms with Gasteiger partial charge in [-0.15, -0.1) is 0 Å². The summed E-state index contributed by atoms with van der Waals surface area (Å²) in [6.07, 6.45) is 9.50. The number of hydrogen-bond donors (Lipinski definition) is 0. The molecule has 0 spiro atoms. The highest BCUT2D eigenvalue weighted by Crippen LogP contribution is 2.14. The van der Waals surface area contributed by atoms with Crippen LogP contribution in [0.25, 0.3) is 0 Å². The number of para-hydroxylation sites is 1. The standard InChI is InChI=1S/C15H20N2/c1-4-5-9-12-16-13-17(14(2)3)15-10-7-6-8-11-15/h4-14H,1-3H3/b5-4-,12-9-,16-13?. The van der Waals surface area contributed by atoms with Gasteiger partial charge in [-0.2, -0.15) is 0 Å². The van der Waals surface area contributed by atoms with E-state index in [1.165, 1.54) is 0 Å². The summed E-state index contributed by atoms with van der Waals surface area (Å²) in [6.45, 7) is 6.28. The summed E-state index contributed by atoms with van der Waals surface area (Å²) in [5, 5.41) is 0. The van der Waals surface area contributed by atoms with Gasteiger partial charge in [-0.1, -0.05) is 30.4 Å². The van der Waals surface area contributed by atoms with E-state index in [9.17, 15) is 0 Å². The second kappa shape index (κ2) is 7.44. The normalized spacial score (nSPS) is 12.2. The molecule has 0 N–H and O–H groups in total. The maximum Gasteiger partial charge on any atom is 0.0951 e. The molecular formula is C15H20N2. The first-order valence-electron chi connectivity index (χ1n) is 5.90. The molecule has 0 saturated heterocycles. The molecule has 0 unspecified atom stereocenters. The molecule has 2 heteroatoms. The van der Waals surface area contributed by atoms with Crippen molar-refractivity contribution < 1.29 is 0 Å². The van der Waals surface area contributed by atoms with Crippen molar-refractivity contribution >= 4 is 12.0 Å². The Morgan fingerprint density at radius 2 is 1.82 bits per heavy atom. The summed E-state index contributed by atoms with van der Waals surface area (Å²) in [7, 11) is 0. The number of aliphatic imine (C=N–C) groups is 1. The van der Waals surface area contributed by atoms with Crippen molar-refractivity contribution in [2.75, 3.05) is 4.90 Å². The van der Waals surface area contributed by atoms with Gasteiger partial charge in [-0.05, 0) is 39.0 Å². The van der Waals surface area contributed by atoms with Crippen molar-refractivity contribution in [3.63, 3.8) is 0 Å². The second-order valence-corrected chi connectivity index (χ2v) is 3.97. The Balaban J connectivity index is 2.74. The molecule has 0 atom stereocenters. The summed E-state index contributed by atoms with van der Waals surface area (Å²) in [5.74, 6) is 0. The number of allylic oxidation sites excluding steroid dienone is 3. The Labute approximate surface area is 104 Å². The molecule has 0 amide bonds. The second-order valence-electron chi connectivity index (χ2n) is 3.97. The van der Waals surface area contributed by atoms with Crippen LogP contribution in [0.4, 0.5) is 5.69 Å². The fraction of sp³-hybridized carbons (Fsp3) is 0.267. The highest BCUT2D eigenvalue weighted by Gasteiger charge is 2.06. The molecule has 0 saturated carbocycles. The predicted octanol–water partition coefficient (Wildman–Crippen LogP) is 4.02. The Hall–Kier alpha value is -1.83. The van der Waals surface area contributed by atoms with Crippen LogP contribution in [0.2, 0.25) is 0 Å². The Morgan fingerprint density at radius 1 is 1.12 bits per heavy atom. The highest BCUT2D eigenvalue weighted by atomic mass is 15.2. The first-order valence-corrected chi connectivity index (χ1v) is 5.90. The maximum atomic E-state index is 4.28. The van der Waals surface area contributed by atoms with Crippen molar-refractivity contribution in [1.29, 1.82) is 0 Å². The Morgan fingerprint density at radius 3 is 2.41 bits per heavy atom. The third kappa shape index (κ3) is 4.68. The molecule has 0 aliphatic rings. The minimum absolute atomic E-state index is 0.385. The molecule has 0 radical (unpaired) electrons. The molecule has 0 aliphatic carbocycles. The molecule has 17 heavy (non-hydrogen) atoms. The van der Waals surface area contributed by atoms with Crippen molar-refractivity contribution in [2.45, 2.75) is 26.8 Å². The first-order chi connectivity index (χ1) is 8.25. The van der Waals surface area contributed by atoms with Gasteiger partial charge in [0.15, 0.2) is 0 Å². The van der Waals surface area contributed by atoms with Crippen molar-refractivity contribution in [3.05, 3.63) is 54.8 Å².